The Bertz CT molecular complexity index is 2210. The molecule has 6 nitrogen and oxygen atoms in total. The molecular weight excluding hydrogens is 815 g/mol. The lowest BCUT2D eigenvalue weighted by molar-refractivity contribution is -0.597. The van der Waals surface area contributed by atoms with Crippen LogP contribution in [0.15, 0.2) is 114 Å². The highest BCUT2D eigenvalue weighted by Crippen LogP contribution is 2.54. The van der Waals surface area contributed by atoms with Crippen molar-refractivity contribution in [3.8, 4) is 5.75 Å². The van der Waals surface area contributed by atoms with Crippen LogP contribution in [0.3, 0.4) is 0 Å². The highest BCUT2D eigenvalue weighted by molar-refractivity contribution is 7.85. The molecule has 0 saturated carbocycles. The Morgan fingerprint density at radius 3 is 1.89 bits per heavy atom. The zero-order valence-corrected chi connectivity index (χ0v) is 36.5. The van der Waals surface area contributed by atoms with Crippen molar-refractivity contribution in [2.45, 2.75) is 103 Å². The quantitative estimate of drug-likeness (QED) is 0.0766. The Morgan fingerprint density at radius 1 is 0.745 bits per heavy atom. The first kappa shape index (κ1) is 40.9. The Labute approximate surface area is 339 Å². The molecule has 1 atom stereocenters. The second-order valence-corrected chi connectivity index (χ2v) is 21.1. The molecule has 0 N–H and O–H groups in total. The fourth-order valence-electron chi connectivity index (χ4n) is 7.45. The fourth-order valence-corrected chi connectivity index (χ4v) is 10.2. The van der Waals surface area contributed by atoms with Crippen LogP contribution < -0.4 is 30.8 Å². The molecule has 2 aliphatic heterocycles. The minimum absolute atomic E-state index is 0.0793. The topological polar surface area (TPSA) is 82.0 Å². The predicted molar refractivity (Wildman–Crippen MR) is 223 cm³/mol. The summed E-state index contributed by atoms with van der Waals surface area (Å²) in [5.74, 6) is 0.363. The molecule has 55 heavy (non-hydrogen) atoms. The monoisotopic (exact) mass is 870 g/mol. The summed E-state index contributed by atoms with van der Waals surface area (Å²) in [4.78, 5) is 7.08. The smallest absolute Gasteiger partial charge is 0.357 e. The molecule has 0 aromatic heterocycles. The number of para-hydroxylation sites is 1. The standard InChI is InChI=1S/C25H26N2O4S.C22H30I/c1-24(2)20-11-5-6-12-21(20)27(15-7-8-16-32(28,29)30)25(24)17-26-23-19-10-4-3-9-18(19)13-14-22(23)31-25;1-7-21(3,4)17-9-13-19(14-10-17)23-20-15-11-18(12-16-20)22(5,6)8-2/h3-6,9-14,17H,7-8,15-16H2,1-2H3,(H,28,29,30);9-16H,7-8H2,1-6H3/q;+1/p-1. The molecule has 8 heteroatoms. The first-order valence-corrected chi connectivity index (χ1v) is 23.2. The van der Waals surface area contributed by atoms with Crippen molar-refractivity contribution < 1.29 is 38.9 Å². The maximum Gasteiger partial charge on any atom is 0.357 e. The zero-order valence-electron chi connectivity index (χ0n) is 33.5. The number of rotatable bonds is 11. The van der Waals surface area contributed by atoms with E-state index >= 15 is 0 Å². The van der Waals surface area contributed by atoms with E-state index in [4.69, 9.17) is 9.73 Å². The van der Waals surface area contributed by atoms with Gasteiger partial charge in [0.05, 0.1) is 21.7 Å². The average molecular weight is 871 g/mol. The van der Waals surface area contributed by atoms with Crippen molar-refractivity contribution in [2.24, 2.45) is 4.99 Å². The third kappa shape index (κ3) is 8.52. The van der Waals surface area contributed by atoms with E-state index < -0.39 is 21.3 Å². The summed E-state index contributed by atoms with van der Waals surface area (Å²) in [5, 5.41) is 2.14. The van der Waals surface area contributed by atoms with Crippen LogP contribution >= 0.6 is 0 Å². The van der Waals surface area contributed by atoms with E-state index in [0.717, 1.165) is 33.5 Å². The van der Waals surface area contributed by atoms with Crippen molar-refractivity contribution in [2.75, 3.05) is 17.2 Å². The predicted octanol–water partition coefficient (Wildman–Crippen LogP) is 7.94. The summed E-state index contributed by atoms with van der Waals surface area (Å²) in [5.41, 5.74) is 5.20. The summed E-state index contributed by atoms with van der Waals surface area (Å²) in [6, 6.07) is 38.9. The molecule has 0 radical (unpaired) electrons. The highest BCUT2D eigenvalue weighted by Gasteiger charge is 2.59. The minimum Gasteiger partial charge on any atom is -0.748 e. The molecule has 0 saturated heterocycles. The number of aliphatic imine (C=N–C) groups is 1. The Morgan fingerprint density at radius 2 is 1.31 bits per heavy atom. The molecule has 0 fully saturated rings. The summed E-state index contributed by atoms with van der Waals surface area (Å²) in [6.07, 6.45) is 5.10. The van der Waals surface area contributed by atoms with Crippen molar-refractivity contribution in [3.63, 3.8) is 0 Å². The summed E-state index contributed by atoms with van der Waals surface area (Å²) < 4.78 is 43.0. The number of unbranched alkanes of at least 4 members (excludes halogenated alkanes) is 1. The van der Waals surface area contributed by atoms with Crippen LogP contribution in [-0.2, 0) is 26.4 Å². The number of nitrogens with zero attached hydrogens (tertiary/aromatic N) is 2. The number of anilines is 1. The van der Waals surface area contributed by atoms with Gasteiger partial charge in [-0.2, -0.15) is 0 Å². The number of halogens is 1. The van der Waals surface area contributed by atoms with Gasteiger partial charge in [0.2, 0.25) is 5.72 Å². The normalized spacial score (nSPS) is 17.4. The van der Waals surface area contributed by atoms with E-state index in [9.17, 15) is 13.0 Å². The van der Waals surface area contributed by atoms with E-state index in [2.05, 4.69) is 127 Å². The van der Waals surface area contributed by atoms with Crippen LogP contribution in [0.2, 0.25) is 0 Å². The van der Waals surface area contributed by atoms with Gasteiger partial charge in [-0.1, -0.05) is 114 Å². The molecule has 2 heterocycles. The van der Waals surface area contributed by atoms with Gasteiger partial charge in [0.1, 0.15) is 11.4 Å². The molecular formula is C47H55IN2O4S. The molecule has 5 aromatic carbocycles. The Hall–Kier alpha value is -3.73. The van der Waals surface area contributed by atoms with Crippen LogP contribution in [0, 0.1) is 7.14 Å². The van der Waals surface area contributed by atoms with Crippen molar-refractivity contribution in [1.29, 1.82) is 0 Å². The van der Waals surface area contributed by atoms with Crippen molar-refractivity contribution >= 4 is 38.5 Å². The van der Waals surface area contributed by atoms with E-state index in [-0.39, 0.29) is 37.8 Å². The highest BCUT2D eigenvalue weighted by atomic mass is 127. The zero-order chi connectivity index (χ0) is 39.6. The summed E-state index contributed by atoms with van der Waals surface area (Å²) in [7, 11) is -4.22. The maximum atomic E-state index is 11.1. The van der Waals surface area contributed by atoms with Crippen LogP contribution in [0.1, 0.15) is 97.8 Å². The third-order valence-corrected chi connectivity index (χ3v) is 15.4. The molecule has 5 aromatic rings. The molecule has 2 aliphatic rings. The molecule has 1 unspecified atom stereocenters. The van der Waals surface area contributed by atoms with Crippen LogP contribution in [0.25, 0.3) is 10.8 Å². The minimum atomic E-state index is -4.22. The van der Waals surface area contributed by atoms with Crippen LogP contribution in [0.5, 0.6) is 5.75 Å². The van der Waals surface area contributed by atoms with E-state index in [1.807, 2.05) is 48.7 Å². The van der Waals surface area contributed by atoms with Gasteiger partial charge in [0.25, 0.3) is 0 Å². The number of hydrogen-bond acceptors (Lipinski definition) is 6. The first-order valence-electron chi connectivity index (χ1n) is 19.4. The number of hydrogen-bond donors (Lipinski definition) is 0. The van der Waals surface area contributed by atoms with E-state index in [1.165, 1.54) is 31.1 Å². The lowest BCUT2D eigenvalue weighted by Gasteiger charge is -2.46. The Kier molecular flexibility index (Phi) is 11.9. The number of fused-ring (bicyclic) bond motifs is 4. The molecule has 1 spiro atoms. The van der Waals surface area contributed by atoms with Gasteiger partial charge in [-0.25, -0.2) is 8.42 Å². The van der Waals surface area contributed by atoms with Gasteiger partial charge >= 0.3 is 21.2 Å². The fraction of sp³-hybridized carbons (Fsp3) is 0.383. The van der Waals surface area contributed by atoms with Gasteiger partial charge in [-0.15, -0.1) is 0 Å². The number of benzene rings is 5. The SMILES string of the molecule is CC1(C)c2ccccc2N(CCCCS(=O)(=O)[O-])C12C=Nc1c(ccc3ccccc13)O2.CCC(C)(C)c1ccc([I+]c2ccc(C(C)(C)CC)cc2)cc1. The summed E-state index contributed by atoms with van der Waals surface area (Å²) in [6.45, 7) is 18.7. The third-order valence-electron chi connectivity index (χ3n) is 11.9. The number of ether oxygens (including phenoxy) is 1. The maximum absolute atomic E-state index is 11.1. The average Bonchev–Trinajstić information content (AvgIpc) is 3.34. The van der Waals surface area contributed by atoms with Crippen molar-refractivity contribution in [3.05, 3.63) is 133 Å². The van der Waals surface area contributed by atoms with Crippen LogP contribution in [-0.4, -0.2) is 37.2 Å². The lowest BCUT2D eigenvalue weighted by atomic mass is 9.77. The second-order valence-electron chi connectivity index (χ2n) is 16.5. The summed E-state index contributed by atoms with van der Waals surface area (Å²) >= 11 is -0.0793. The second kappa shape index (κ2) is 16.0. The molecule has 290 valence electrons. The van der Waals surface area contributed by atoms with Crippen molar-refractivity contribution in [1.82, 2.24) is 0 Å². The largest absolute Gasteiger partial charge is 0.748 e. The lowest BCUT2D eigenvalue weighted by Crippen LogP contribution is -3.61. The Balaban J connectivity index is 0.000000198. The molecule has 0 bridgehead atoms. The molecule has 0 amide bonds. The van der Waals surface area contributed by atoms with E-state index in [0.29, 0.717) is 19.4 Å². The van der Waals surface area contributed by atoms with Gasteiger partial charge in [0, 0.05) is 23.4 Å². The van der Waals surface area contributed by atoms with Crippen LogP contribution in [0.4, 0.5) is 11.4 Å². The molecule has 0 aliphatic carbocycles. The van der Waals surface area contributed by atoms with Gasteiger partial charge in [-0.05, 0) is 109 Å². The molecule has 7 rings (SSSR count). The first-order chi connectivity index (χ1) is 26.0. The van der Waals surface area contributed by atoms with E-state index in [1.54, 1.807) is 0 Å². The van der Waals surface area contributed by atoms with Gasteiger partial charge < -0.3 is 14.2 Å². The van der Waals surface area contributed by atoms with Gasteiger partial charge in [-0.3, -0.25) is 4.99 Å². The van der Waals surface area contributed by atoms with Gasteiger partial charge in [0.15, 0.2) is 7.14 Å².